The van der Waals surface area contributed by atoms with Crippen molar-refractivity contribution in [3.63, 3.8) is 0 Å². The average molecular weight is 294 g/mol. The summed E-state index contributed by atoms with van der Waals surface area (Å²) in [6.07, 6.45) is 0. The second-order valence-electron chi connectivity index (χ2n) is 4.75. The zero-order valence-electron chi connectivity index (χ0n) is 10.5. The van der Waals surface area contributed by atoms with Gasteiger partial charge in [0.1, 0.15) is 0 Å². The molecule has 6 nitrogen and oxygen atoms in total. The second kappa shape index (κ2) is 5.22. The molecule has 7 heteroatoms. The monoisotopic (exact) mass is 293 g/mol. The van der Waals surface area contributed by atoms with Crippen LogP contribution in [0.1, 0.15) is 5.89 Å². The van der Waals surface area contributed by atoms with Crippen LogP contribution in [0.25, 0.3) is 11.4 Å². The Balaban J connectivity index is 1.63. The van der Waals surface area contributed by atoms with Gasteiger partial charge in [-0.05, 0) is 24.3 Å². The molecule has 0 atom stereocenters. The molecule has 0 spiro atoms. The van der Waals surface area contributed by atoms with Crippen LogP contribution in [0.2, 0.25) is 5.02 Å². The highest BCUT2D eigenvalue weighted by Gasteiger charge is 2.33. The van der Waals surface area contributed by atoms with E-state index in [0.29, 0.717) is 36.4 Å². The molecule has 0 aliphatic carbocycles. The number of hydrogen-bond acceptors (Lipinski definition) is 5. The Kier molecular flexibility index (Phi) is 3.42. The van der Waals surface area contributed by atoms with Gasteiger partial charge in [0.2, 0.25) is 11.7 Å². The molecule has 2 aromatic rings. The molecular formula is C13H12ClN3O3. The van der Waals surface area contributed by atoms with E-state index in [1.54, 1.807) is 12.1 Å². The fourth-order valence-electron chi connectivity index (χ4n) is 2.08. The Labute approximate surface area is 120 Å². The molecule has 1 saturated heterocycles. The van der Waals surface area contributed by atoms with Gasteiger partial charge in [0, 0.05) is 23.7 Å². The van der Waals surface area contributed by atoms with Gasteiger partial charge < -0.3 is 9.63 Å². The normalized spacial score (nSPS) is 16.1. The number of carboxylic acid groups (broad SMARTS) is 1. The van der Waals surface area contributed by atoms with Crippen LogP contribution in [-0.4, -0.2) is 39.2 Å². The van der Waals surface area contributed by atoms with Crippen LogP contribution in [0.4, 0.5) is 0 Å². The molecule has 0 radical (unpaired) electrons. The first kappa shape index (κ1) is 13.1. The van der Waals surface area contributed by atoms with Crippen molar-refractivity contribution in [3.8, 4) is 11.4 Å². The Morgan fingerprint density at radius 2 is 2.10 bits per heavy atom. The van der Waals surface area contributed by atoms with E-state index in [-0.39, 0.29) is 5.92 Å². The molecular weight excluding hydrogens is 282 g/mol. The lowest BCUT2D eigenvalue weighted by Crippen LogP contribution is -2.49. The molecule has 20 heavy (non-hydrogen) atoms. The number of hydrogen-bond donors (Lipinski definition) is 1. The van der Waals surface area contributed by atoms with E-state index < -0.39 is 5.97 Å². The zero-order valence-corrected chi connectivity index (χ0v) is 11.2. The SMILES string of the molecule is O=C(O)C1CN(Cc2nc(-c3ccc(Cl)cc3)no2)C1. The Morgan fingerprint density at radius 3 is 2.75 bits per heavy atom. The van der Waals surface area contributed by atoms with E-state index in [4.69, 9.17) is 21.2 Å². The van der Waals surface area contributed by atoms with Gasteiger partial charge in [0.15, 0.2) is 0 Å². The molecule has 3 rings (SSSR count). The average Bonchev–Trinajstić information content (AvgIpc) is 2.82. The van der Waals surface area contributed by atoms with Crippen molar-refractivity contribution in [3.05, 3.63) is 35.2 Å². The van der Waals surface area contributed by atoms with Crippen molar-refractivity contribution in [1.82, 2.24) is 15.0 Å². The number of aliphatic carboxylic acids is 1. The van der Waals surface area contributed by atoms with Crippen LogP contribution < -0.4 is 0 Å². The van der Waals surface area contributed by atoms with Crippen molar-refractivity contribution >= 4 is 17.6 Å². The molecule has 2 heterocycles. The standard InChI is InChI=1S/C13H12ClN3O3/c14-10-3-1-8(2-4-10)12-15-11(20-16-12)7-17-5-9(6-17)13(18)19/h1-4,9H,5-7H2,(H,18,19). The van der Waals surface area contributed by atoms with Gasteiger partial charge in [0.25, 0.3) is 0 Å². The van der Waals surface area contributed by atoms with Crippen LogP contribution in [0, 0.1) is 5.92 Å². The second-order valence-corrected chi connectivity index (χ2v) is 5.18. The van der Waals surface area contributed by atoms with E-state index in [2.05, 4.69) is 10.1 Å². The predicted molar refractivity (Wildman–Crippen MR) is 71.1 cm³/mol. The van der Waals surface area contributed by atoms with E-state index in [9.17, 15) is 4.79 Å². The lowest BCUT2D eigenvalue weighted by molar-refractivity contribution is -0.147. The minimum absolute atomic E-state index is 0.284. The summed E-state index contributed by atoms with van der Waals surface area (Å²) in [7, 11) is 0. The largest absolute Gasteiger partial charge is 0.481 e. The van der Waals surface area contributed by atoms with Crippen LogP contribution >= 0.6 is 11.6 Å². The van der Waals surface area contributed by atoms with Crippen LogP contribution in [0.15, 0.2) is 28.8 Å². The van der Waals surface area contributed by atoms with E-state index >= 15 is 0 Å². The highest BCUT2D eigenvalue weighted by Crippen LogP contribution is 2.21. The summed E-state index contributed by atoms with van der Waals surface area (Å²) in [4.78, 5) is 17.0. The highest BCUT2D eigenvalue weighted by molar-refractivity contribution is 6.30. The van der Waals surface area contributed by atoms with Crippen molar-refractivity contribution < 1.29 is 14.4 Å². The summed E-state index contributed by atoms with van der Waals surface area (Å²) in [5.74, 6) is -0.0481. The highest BCUT2D eigenvalue weighted by atomic mass is 35.5. The van der Waals surface area contributed by atoms with Gasteiger partial charge in [-0.3, -0.25) is 9.69 Å². The molecule has 0 bridgehead atoms. The number of carboxylic acids is 1. The summed E-state index contributed by atoms with van der Waals surface area (Å²) >= 11 is 5.82. The van der Waals surface area contributed by atoms with E-state index in [0.717, 1.165) is 5.56 Å². The molecule has 1 aliphatic rings. The molecule has 1 aromatic carbocycles. The first-order valence-electron chi connectivity index (χ1n) is 6.15. The molecule has 0 saturated carbocycles. The third-order valence-corrected chi connectivity index (χ3v) is 3.49. The molecule has 1 fully saturated rings. The van der Waals surface area contributed by atoms with Crippen molar-refractivity contribution in [2.24, 2.45) is 5.92 Å². The topological polar surface area (TPSA) is 79.5 Å². The molecule has 1 N–H and O–H groups in total. The fourth-order valence-corrected chi connectivity index (χ4v) is 2.21. The number of rotatable bonds is 4. The fraction of sp³-hybridized carbons (Fsp3) is 0.308. The predicted octanol–water partition coefficient (Wildman–Crippen LogP) is 1.91. The van der Waals surface area contributed by atoms with Crippen molar-refractivity contribution in [2.45, 2.75) is 6.54 Å². The minimum Gasteiger partial charge on any atom is -0.481 e. The van der Waals surface area contributed by atoms with Crippen LogP contribution in [-0.2, 0) is 11.3 Å². The van der Waals surface area contributed by atoms with Gasteiger partial charge in [0.05, 0.1) is 12.5 Å². The van der Waals surface area contributed by atoms with Crippen molar-refractivity contribution in [1.29, 1.82) is 0 Å². The first-order chi connectivity index (χ1) is 9.61. The smallest absolute Gasteiger partial charge is 0.309 e. The number of likely N-dealkylation sites (tertiary alicyclic amines) is 1. The van der Waals surface area contributed by atoms with E-state index in [1.807, 2.05) is 17.0 Å². The first-order valence-corrected chi connectivity index (χ1v) is 6.53. The maximum atomic E-state index is 10.7. The molecule has 0 amide bonds. The number of carbonyl (C=O) groups is 1. The maximum absolute atomic E-state index is 10.7. The van der Waals surface area contributed by atoms with Crippen LogP contribution in [0.5, 0.6) is 0 Å². The quantitative estimate of drug-likeness (QED) is 0.927. The molecule has 1 aliphatic heterocycles. The lowest BCUT2D eigenvalue weighted by Gasteiger charge is -2.35. The van der Waals surface area contributed by atoms with Gasteiger partial charge in [-0.25, -0.2) is 0 Å². The third-order valence-electron chi connectivity index (χ3n) is 3.24. The Bertz CT molecular complexity index is 620. The molecule has 104 valence electrons. The Hall–Kier alpha value is -1.92. The maximum Gasteiger partial charge on any atom is 0.309 e. The van der Waals surface area contributed by atoms with Gasteiger partial charge in [-0.1, -0.05) is 16.8 Å². The molecule has 1 aromatic heterocycles. The summed E-state index contributed by atoms with van der Waals surface area (Å²) in [5, 5.41) is 13.4. The molecule has 0 unspecified atom stereocenters. The third kappa shape index (κ3) is 2.66. The van der Waals surface area contributed by atoms with Gasteiger partial charge in [-0.2, -0.15) is 4.98 Å². The summed E-state index contributed by atoms with van der Waals surface area (Å²) < 4.78 is 5.17. The van der Waals surface area contributed by atoms with Crippen molar-refractivity contribution in [2.75, 3.05) is 13.1 Å². The summed E-state index contributed by atoms with van der Waals surface area (Å²) in [6.45, 7) is 1.52. The number of nitrogens with zero attached hydrogens (tertiary/aromatic N) is 3. The minimum atomic E-state index is -0.756. The number of benzene rings is 1. The lowest BCUT2D eigenvalue weighted by atomic mass is 10.0. The Morgan fingerprint density at radius 1 is 1.40 bits per heavy atom. The van der Waals surface area contributed by atoms with E-state index in [1.165, 1.54) is 0 Å². The number of halogens is 1. The van der Waals surface area contributed by atoms with Gasteiger partial charge >= 0.3 is 5.97 Å². The number of aromatic nitrogens is 2. The zero-order chi connectivity index (χ0) is 14.1. The van der Waals surface area contributed by atoms with Crippen LogP contribution in [0.3, 0.4) is 0 Å². The summed E-state index contributed by atoms with van der Waals surface area (Å²) in [6, 6.07) is 7.17. The summed E-state index contributed by atoms with van der Waals surface area (Å²) in [5.41, 5.74) is 0.830. The van der Waals surface area contributed by atoms with Gasteiger partial charge in [-0.15, -0.1) is 0 Å².